The number of hydrogen-bond donors (Lipinski definition) is 1. The summed E-state index contributed by atoms with van der Waals surface area (Å²) in [7, 11) is 3.17. The smallest absolute Gasteiger partial charge is 0.318 e. The Bertz CT molecular complexity index is 567. The van der Waals surface area contributed by atoms with Gasteiger partial charge in [0.15, 0.2) is 11.5 Å². The first-order valence-corrected chi connectivity index (χ1v) is 8.03. The summed E-state index contributed by atoms with van der Waals surface area (Å²) in [6.45, 7) is 0.411. The Morgan fingerprint density at radius 2 is 1.87 bits per heavy atom. The number of nitrogens with zero attached hydrogens (tertiary/aromatic N) is 1. The van der Waals surface area contributed by atoms with Crippen LogP contribution in [0.4, 0.5) is 9.18 Å². The van der Waals surface area contributed by atoms with Crippen molar-refractivity contribution in [3.05, 3.63) is 23.8 Å². The van der Waals surface area contributed by atoms with Crippen molar-refractivity contribution in [2.45, 2.75) is 50.5 Å². The average Bonchev–Trinajstić information content (AvgIpc) is 2.84. The Kier molecular flexibility index (Phi) is 4.59. The van der Waals surface area contributed by atoms with E-state index in [9.17, 15) is 9.18 Å². The molecule has 0 radical (unpaired) electrons. The zero-order valence-electron chi connectivity index (χ0n) is 13.5. The predicted molar refractivity (Wildman–Crippen MR) is 84.6 cm³/mol. The van der Waals surface area contributed by atoms with Gasteiger partial charge in [-0.25, -0.2) is 9.18 Å². The van der Waals surface area contributed by atoms with E-state index < -0.39 is 6.17 Å². The fourth-order valence-corrected chi connectivity index (χ4v) is 3.70. The fraction of sp³-hybridized carbons (Fsp3) is 0.588. The third-order valence-corrected chi connectivity index (χ3v) is 4.80. The molecule has 2 amide bonds. The van der Waals surface area contributed by atoms with Crippen molar-refractivity contribution in [3.8, 4) is 11.5 Å². The van der Waals surface area contributed by atoms with Crippen molar-refractivity contribution < 1.29 is 18.7 Å². The molecule has 23 heavy (non-hydrogen) atoms. The number of carbonyl (C=O) groups excluding carboxylic acids is 1. The fourth-order valence-electron chi connectivity index (χ4n) is 3.70. The molecule has 1 aromatic rings. The Hall–Kier alpha value is -1.98. The third-order valence-electron chi connectivity index (χ3n) is 4.80. The Balaban J connectivity index is 1.61. The Morgan fingerprint density at radius 3 is 2.48 bits per heavy atom. The van der Waals surface area contributed by atoms with Gasteiger partial charge in [-0.2, -0.15) is 0 Å². The maximum atomic E-state index is 13.6. The standard InChI is InChI=1S/C17H23FN2O3/c1-22-15-6-3-11(7-16(15)23-2)10-19-17(21)20-13-4-5-14(20)9-12(18)8-13/h3,6-7,12-14H,4-5,8-10H2,1-2H3,(H,19,21). The summed E-state index contributed by atoms with van der Waals surface area (Å²) in [5.74, 6) is 1.29. The molecule has 5 nitrogen and oxygen atoms in total. The molecule has 2 atom stereocenters. The molecule has 2 aliphatic heterocycles. The van der Waals surface area contributed by atoms with Crippen LogP contribution >= 0.6 is 0 Å². The lowest BCUT2D eigenvalue weighted by molar-refractivity contribution is 0.103. The molecule has 2 saturated heterocycles. The first kappa shape index (κ1) is 15.9. The number of hydrogen-bond acceptors (Lipinski definition) is 3. The molecule has 0 aliphatic carbocycles. The summed E-state index contributed by atoms with van der Waals surface area (Å²) < 4.78 is 24.1. The maximum Gasteiger partial charge on any atom is 0.318 e. The first-order chi connectivity index (χ1) is 11.1. The van der Waals surface area contributed by atoms with E-state index in [-0.39, 0.29) is 18.1 Å². The number of carbonyl (C=O) groups is 1. The van der Waals surface area contributed by atoms with Crippen molar-refractivity contribution in [2.24, 2.45) is 0 Å². The van der Waals surface area contributed by atoms with Crippen LogP contribution in [0.1, 0.15) is 31.2 Å². The molecule has 2 aliphatic rings. The van der Waals surface area contributed by atoms with Crippen LogP contribution < -0.4 is 14.8 Å². The van der Waals surface area contributed by atoms with E-state index in [1.807, 2.05) is 23.1 Å². The van der Waals surface area contributed by atoms with Gasteiger partial charge in [0.2, 0.25) is 0 Å². The molecule has 0 saturated carbocycles. The van der Waals surface area contributed by atoms with Crippen LogP contribution in [0.15, 0.2) is 18.2 Å². The second-order valence-corrected chi connectivity index (χ2v) is 6.21. The number of piperidine rings is 1. The lowest BCUT2D eigenvalue weighted by Gasteiger charge is -2.36. The molecular formula is C17H23FN2O3. The maximum absolute atomic E-state index is 13.6. The third kappa shape index (κ3) is 3.21. The molecular weight excluding hydrogens is 299 g/mol. The van der Waals surface area contributed by atoms with Gasteiger partial charge in [0, 0.05) is 18.6 Å². The largest absolute Gasteiger partial charge is 0.493 e. The van der Waals surface area contributed by atoms with Crippen LogP contribution in [-0.2, 0) is 6.54 Å². The SMILES string of the molecule is COc1ccc(CNC(=O)N2C3CCC2CC(F)C3)cc1OC. The Morgan fingerprint density at radius 1 is 1.22 bits per heavy atom. The summed E-state index contributed by atoms with van der Waals surface area (Å²) in [5, 5.41) is 2.94. The van der Waals surface area contributed by atoms with Crippen molar-refractivity contribution in [1.29, 1.82) is 0 Å². The quantitative estimate of drug-likeness (QED) is 0.927. The number of ether oxygens (including phenoxy) is 2. The van der Waals surface area contributed by atoms with E-state index in [0.717, 1.165) is 18.4 Å². The van der Waals surface area contributed by atoms with Crippen molar-refractivity contribution >= 4 is 6.03 Å². The monoisotopic (exact) mass is 322 g/mol. The van der Waals surface area contributed by atoms with E-state index in [2.05, 4.69) is 5.32 Å². The molecule has 1 aromatic carbocycles. The molecule has 3 rings (SSSR count). The zero-order valence-corrected chi connectivity index (χ0v) is 13.5. The van der Waals surface area contributed by atoms with Crippen LogP contribution in [0, 0.1) is 0 Å². The molecule has 6 heteroatoms. The summed E-state index contributed by atoms with van der Waals surface area (Å²) in [5.41, 5.74) is 0.934. The van der Waals surface area contributed by atoms with Crippen LogP contribution in [0.5, 0.6) is 11.5 Å². The summed E-state index contributed by atoms with van der Waals surface area (Å²) in [6.07, 6.45) is 2.01. The van der Waals surface area contributed by atoms with Crippen molar-refractivity contribution in [3.63, 3.8) is 0 Å². The number of fused-ring (bicyclic) bond motifs is 2. The molecule has 2 fully saturated rings. The van der Waals surface area contributed by atoms with Crippen molar-refractivity contribution in [2.75, 3.05) is 14.2 Å². The molecule has 2 heterocycles. The predicted octanol–water partition coefficient (Wildman–Crippen LogP) is 2.88. The normalized spacial score (nSPS) is 26.0. The average molecular weight is 322 g/mol. The highest BCUT2D eigenvalue weighted by Gasteiger charge is 2.43. The number of rotatable bonds is 4. The molecule has 126 valence electrons. The number of alkyl halides is 1. The minimum atomic E-state index is -0.762. The zero-order chi connectivity index (χ0) is 16.4. The number of halogens is 1. The summed E-state index contributed by atoms with van der Waals surface area (Å²) in [6, 6.07) is 5.56. The van der Waals surface area contributed by atoms with E-state index >= 15 is 0 Å². The van der Waals surface area contributed by atoms with Gasteiger partial charge in [-0.05, 0) is 43.4 Å². The number of benzene rings is 1. The first-order valence-electron chi connectivity index (χ1n) is 8.03. The Labute approximate surface area is 135 Å². The van der Waals surface area contributed by atoms with Crippen molar-refractivity contribution in [1.82, 2.24) is 10.2 Å². The van der Waals surface area contributed by atoms with E-state index in [1.165, 1.54) is 0 Å². The summed E-state index contributed by atoms with van der Waals surface area (Å²) >= 11 is 0. The molecule has 2 bridgehead atoms. The van der Waals surface area contributed by atoms with E-state index in [1.54, 1.807) is 14.2 Å². The van der Waals surface area contributed by atoms with Crippen LogP contribution in [-0.4, -0.2) is 43.4 Å². The minimum Gasteiger partial charge on any atom is -0.493 e. The van der Waals surface area contributed by atoms with Crippen LogP contribution in [0.25, 0.3) is 0 Å². The highest BCUT2D eigenvalue weighted by atomic mass is 19.1. The van der Waals surface area contributed by atoms with Gasteiger partial charge in [0.05, 0.1) is 14.2 Å². The number of urea groups is 1. The lowest BCUT2D eigenvalue weighted by atomic mass is 10.0. The van der Waals surface area contributed by atoms with Gasteiger partial charge in [-0.15, -0.1) is 0 Å². The van der Waals surface area contributed by atoms with E-state index in [0.29, 0.717) is 30.9 Å². The van der Waals surface area contributed by atoms with Crippen LogP contribution in [0.3, 0.4) is 0 Å². The lowest BCUT2D eigenvalue weighted by Crippen LogP contribution is -2.51. The minimum absolute atomic E-state index is 0.0501. The second-order valence-electron chi connectivity index (χ2n) is 6.21. The molecule has 0 aromatic heterocycles. The van der Waals surface area contributed by atoms with E-state index in [4.69, 9.17) is 9.47 Å². The van der Waals surface area contributed by atoms with Gasteiger partial charge in [0.25, 0.3) is 0 Å². The highest BCUT2D eigenvalue weighted by Crippen LogP contribution is 2.37. The number of nitrogens with one attached hydrogen (secondary N) is 1. The topological polar surface area (TPSA) is 50.8 Å². The number of amides is 2. The molecule has 0 spiro atoms. The van der Waals surface area contributed by atoms with Crippen LogP contribution in [0.2, 0.25) is 0 Å². The highest BCUT2D eigenvalue weighted by molar-refractivity contribution is 5.75. The molecule has 1 N–H and O–H groups in total. The van der Waals surface area contributed by atoms with Gasteiger partial charge < -0.3 is 19.7 Å². The summed E-state index contributed by atoms with van der Waals surface area (Å²) in [4.78, 5) is 14.3. The second kappa shape index (κ2) is 6.64. The van der Waals surface area contributed by atoms with Gasteiger partial charge in [-0.1, -0.05) is 6.07 Å². The van der Waals surface area contributed by atoms with Gasteiger partial charge in [-0.3, -0.25) is 0 Å². The van der Waals surface area contributed by atoms with Gasteiger partial charge >= 0.3 is 6.03 Å². The number of methoxy groups -OCH3 is 2. The van der Waals surface area contributed by atoms with Gasteiger partial charge in [0.1, 0.15) is 6.17 Å². The molecule has 2 unspecified atom stereocenters.